The van der Waals surface area contributed by atoms with Gasteiger partial charge in [-0.3, -0.25) is 9.69 Å². The van der Waals surface area contributed by atoms with Gasteiger partial charge in [0.15, 0.2) is 5.75 Å². The molecule has 2 rings (SSSR count). The molecule has 0 spiro atoms. The molecule has 0 aromatic heterocycles. The third-order valence-corrected chi connectivity index (χ3v) is 3.39. The summed E-state index contributed by atoms with van der Waals surface area (Å²) in [5, 5.41) is 2.92. The number of carbonyl (C=O) groups is 1. The van der Waals surface area contributed by atoms with Crippen LogP contribution in [0.2, 0.25) is 0 Å². The zero-order valence-corrected chi connectivity index (χ0v) is 13.1. The van der Waals surface area contributed by atoms with E-state index in [4.69, 9.17) is 4.74 Å². The highest BCUT2D eigenvalue weighted by Crippen LogP contribution is 2.28. The molecule has 1 amide bonds. The Hall–Kier alpha value is -2.33. The summed E-state index contributed by atoms with van der Waals surface area (Å²) in [7, 11) is 0. The van der Waals surface area contributed by atoms with Crippen molar-refractivity contribution in [3.8, 4) is 11.5 Å². The Morgan fingerprint density at radius 3 is 2.32 bits per heavy atom. The fraction of sp³-hybridized carbons (Fsp3) is 0.278. The van der Waals surface area contributed by atoms with Gasteiger partial charge in [-0.2, -0.15) is 0 Å². The Balaban J connectivity index is 2.06. The van der Waals surface area contributed by atoms with Crippen molar-refractivity contribution < 1.29 is 9.53 Å². The smallest absolute Gasteiger partial charge is 0.238 e. The number of hydrogen-bond acceptors (Lipinski definition) is 3. The number of rotatable bonds is 7. The van der Waals surface area contributed by atoms with Gasteiger partial charge in [-0.15, -0.1) is 0 Å². The molecule has 116 valence electrons. The number of hydrogen-bond donors (Lipinski definition) is 1. The fourth-order valence-corrected chi connectivity index (χ4v) is 2.11. The van der Waals surface area contributed by atoms with E-state index in [1.165, 1.54) is 0 Å². The Morgan fingerprint density at radius 1 is 1.00 bits per heavy atom. The zero-order chi connectivity index (χ0) is 15.8. The molecular formula is C18H22N2O2. The van der Waals surface area contributed by atoms with Crippen LogP contribution in [0.3, 0.4) is 0 Å². The quantitative estimate of drug-likeness (QED) is 0.846. The van der Waals surface area contributed by atoms with E-state index in [1.807, 2.05) is 68.4 Å². The average molecular weight is 298 g/mol. The lowest BCUT2D eigenvalue weighted by Crippen LogP contribution is -2.32. The predicted molar refractivity (Wildman–Crippen MR) is 89.4 cm³/mol. The third-order valence-electron chi connectivity index (χ3n) is 3.39. The highest BCUT2D eigenvalue weighted by atomic mass is 16.5. The number of anilines is 1. The van der Waals surface area contributed by atoms with Gasteiger partial charge >= 0.3 is 0 Å². The van der Waals surface area contributed by atoms with Crippen LogP contribution >= 0.6 is 0 Å². The lowest BCUT2D eigenvalue weighted by molar-refractivity contribution is -0.117. The highest BCUT2D eigenvalue weighted by Gasteiger charge is 2.11. The van der Waals surface area contributed by atoms with Gasteiger partial charge in [0.2, 0.25) is 5.91 Å². The molecular weight excluding hydrogens is 276 g/mol. The van der Waals surface area contributed by atoms with E-state index in [9.17, 15) is 4.79 Å². The summed E-state index contributed by atoms with van der Waals surface area (Å²) in [6.07, 6.45) is 0. The zero-order valence-electron chi connectivity index (χ0n) is 13.1. The summed E-state index contributed by atoms with van der Waals surface area (Å²) in [4.78, 5) is 14.2. The lowest BCUT2D eigenvalue weighted by atomic mass is 10.2. The van der Waals surface area contributed by atoms with Crippen molar-refractivity contribution in [3.63, 3.8) is 0 Å². The summed E-state index contributed by atoms with van der Waals surface area (Å²) >= 11 is 0. The predicted octanol–water partition coefficient (Wildman–Crippen LogP) is 3.76. The summed E-state index contributed by atoms with van der Waals surface area (Å²) in [5.41, 5.74) is 0.684. The third kappa shape index (κ3) is 4.60. The van der Waals surface area contributed by atoms with Crippen LogP contribution in [0.5, 0.6) is 11.5 Å². The van der Waals surface area contributed by atoms with Crippen molar-refractivity contribution in [2.45, 2.75) is 13.8 Å². The number of carbonyl (C=O) groups excluding carboxylic acids is 1. The van der Waals surface area contributed by atoms with Crippen LogP contribution in [0.1, 0.15) is 13.8 Å². The normalized spacial score (nSPS) is 10.5. The second kappa shape index (κ2) is 8.20. The molecule has 0 aliphatic rings. The second-order valence-corrected chi connectivity index (χ2v) is 4.92. The SMILES string of the molecule is CCN(CC)CC(=O)Nc1ccccc1Oc1ccccc1. The minimum Gasteiger partial charge on any atom is -0.455 e. The number of nitrogens with one attached hydrogen (secondary N) is 1. The molecule has 0 heterocycles. The number of amides is 1. The van der Waals surface area contributed by atoms with Crippen molar-refractivity contribution in [2.75, 3.05) is 25.0 Å². The molecule has 0 saturated heterocycles. The maximum atomic E-state index is 12.1. The maximum absolute atomic E-state index is 12.1. The highest BCUT2D eigenvalue weighted by molar-refractivity contribution is 5.93. The van der Waals surface area contributed by atoms with Gasteiger partial charge in [0.25, 0.3) is 0 Å². The van der Waals surface area contributed by atoms with E-state index in [1.54, 1.807) is 0 Å². The molecule has 1 N–H and O–H groups in total. The van der Waals surface area contributed by atoms with Crippen molar-refractivity contribution in [1.82, 2.24) is 4.90 Å². The molecule has 4 nitrogen and oxygen atoms in total. The molecule has 22 heavy (non-hydrogen) atoms. The number of ether oxygens (including phenoxy) is 1. The largest absolute Gasteiger partial charge is 0.455 e. The first-order valence-electron chi connectivity index (χ1n) is 7.57. The van der Waals surface area contributed by atoms with Crippen LogP contribution in [0.25, 0.3) is 0 Å². The van der Waals surface area contributed by atoms with Gasteiger partial charge in [-0.25, -0.2) is 0 Å². The molecule has 2 aromatic carbocycles. The number of nitrogens with zero attached hydrogens (tertiary/aromatic N) is 1. The van der Waals surface area contributed by atoms with Gasteiger partial charge in [-0.05, 0) is 37.4 Å². The van der Waals surface area contributed by atoms with Crippen LogP contribution in [0.15, 0.2) is 54.6 Å². The Kier molecular flexibility index (Phi) is 5.98. The molecule has 4 heteroatoms. The Morgan fingerprint density at radius 2 is 1.64 bits per heavy atom. The standard InChI is InChI=1S/C18H22N2O2/c1-3-20(4-2)14-18(21)19-16-12-8-9-13-17(16)22-15-10-6-5-7-11-15/h5-13H,3-4,14H2,1-2H3,(H,19,21). The van der Waals surface area contributed by atoms with Crippen molar-refractivity contribution in [1.29, 1.82) is 0 Å². The monoisotopic (exact) mass is 298 g/mol. The van der Waals surface area contributed by atoms with E-state index < -0.39 is 0 Å². The molecule has 0 unspecified atom stereocenters. The van der Waals surface area contributed by atoms with E-state index in [0.717, 1.165) is 18.8 Å². The molecule has 0 bridgehead atoms. The van der Waals surface area contributed by atoms with Crippen LogP contribution in [0, 0.1) is 0 Å². The van der Waals surface area contributed by atoms with E-state index in [2.05, 4.69) is 10.2 Å². The van der Waals surface area contributed by atoms with Crippen LogP contribution < -0.4 is 10.1 Å². The topological polar surface area (TPSA) is 41.6 Å². The molecule has 0 aliphatic heterocycles. The van der Waals surface area contributed by atoms with E-state index >= 15 is 0 Å². The van der Waals surface area contributed by atoms with Crippen molar-refractivity contribution >= 4 is 11.6 Å². The minimum atomic E-state index is -0.0344. The molecule has 0 atom stereocenters. The molecule has 0 saturated carbocycles. The van der Waals surface area contributed by atoms with Gasteiger partial charge < -0.3 is 10.1 Å². The van der Waals surface area contributed by atoms with Gasteiger partial charge in [-0.1, -0.05) is 44.2 Å². The van der Waals surface area contributed by atoms with E-state index in [-0.39, 0.29) is 5.91 Å². The first-order valence-corrected chi connectivity index (χ1v) is 7.57. The Bertz CT molecular complexity index is 595. The summed E-state index contributed by atoms with van der Waals surface area (Å²) in [5.74, 6) is 1.35. The van der Waals surface area contributed by atoms with Gasteiger partial charge in [0.05, 0.1) is 12.2 Å². The lowest BCUT2D eigenvalue weighted by Gasteiger charge is -2.18. The number of benzene rings is 2. The van der Waals surface area contributed by atoms with Crippen LogP contribution in [0.4, 0.5) is 5.69 Å². The Labute approximate surface area is 131 Å². The molecule has 0 fully saturated rings. The number of likely N-dealkylation sites (N-methyl/N-ethyl adjacent to an activating group) is 1. The summed E-state index contributed by atoms with van der Waals surface area (Å²) < 4.78 is 5.84. The first-order chi connectivity index (χ1) is 10.7. The number of para-hydroxylation sites is 3. The van der Waals surface area contributed by atoms with Crippen molar-refractivity contribution in [2.24, 2.45) is 0 Å². The molecule has 0 aliphatic carbocycles. The fourth-order valence-electron chi connectivity index (χ4n) is 2.11. The van der Waals surface area contributed by atoms with Crippen LogP contribution in [-0.2, 0) is 4.79 Å². The van der Waals surface area contributed by atoms with Gasteiger partial charge in [0.1, 0.15) is 5.75 Å². The van der Waals surface area contributed by atoms with Gasteiger partial charge in [0, 0.05) is 0 Å². The minimum absolute atomic E-state index is 0.0344. The van der Waals surface area contributed by atoms with Crippen molar-refractivity contribution in [3.05, 3.63) is 54.6 Å². The first kappa shape index (κ1) is 16.0. The maximum Gasteiger partial charge on any atom is 0.238 e. The van der Waals surface area contributed by atoms with E-state index in [0.29, 0.717) is 18.0 Å². The summed E-state index contributed by atoms with van der Waals surface area (Å²) in [6, 6.07) is 17.0. The average Bonchev–Trinajstić information content (AvgIpc) is 2.55. The second-order valence-electron chi connectivity index (χ2n) is 4.92. The molecule has 2 aromatic rings. The molecule has 0 radical (unpaired) electrons. The van der Waals surface area contributed by atoms with Crippen LogP contribution in [-0.4, -0.2) is 30.4 Å². The summed E-state index contributed by atoms with van der Waals surface area (Å²) in [6.45, 7) is 6.18.